The van der Waals surface area contributed by atoms with Crippen LogP contribution in [0.5, 0.6) is 0 Å². The lowest BCUT2D eigenvalue weighted by atomic mass is 10.1. The van der Waals surface area contributed by atoms with Crippen molar-refractivity contribution in [3.8, 4) is 10.6 Å². The second kappa shape index (κ2) is 5.21. The van der Waals surface area contributed by atoms with Gasteiger partial charge in [0.25, 0.3) is 0 Å². The smallest absolute Gasteiger partial charge is 0.123 e. The maximum Gasteiger partial charge on any atom is 0.123 e. The van der Waals surface area contributed by atoms with Gasteiger partial charge >= 0.3 is 0 Å². The largest absolute Gasteiger partial charge is 0.309 e. The number of aryl methyl sites for hydroxylation is 1. The van der Waals surface area contributed by atoms with E-state index in [0.717, 1.165) is 18.0 Å². The van der Waals surface area contributed by atoms with Crippen molar-refractivity contribution < 1.29 is 0 Å². The van der Waals surface area contributed by atoms with Crippen LogP contribution in [0, 0.1) is 0 Å². The minimum atomic E-state index is 0.477. The highest BCUT2D eigenvalue weighted by Gasteiger charge is 2.19. The van der Waals surface area contributed by atoms with Crippen LogP contribution in [0.15, 0.2) is 29.6 Å². The van der Waals surface area contributed by atoms with Gasteiger partial charge in [0, 0.05) is 10.9 Å². The van der Waals surface area contributed by atoms with Crippen molar-refractivity contribution in [3.05, 3.63) is 40.9 Å². The van der Waals surface area contributed by atoms with Crippen LogP contribution in [0.25, 0.3) is 10.6 Å². The Hall–Kier alpha value is -1.19. The minimum Gasteiger partial charge on any atom is -0.309 e. The van der Waals surface area contributed by atoms with Gasteiger partial charge in [-0.15, -0.1) is 11.3 Å². The van der Waals surface area contributed by atoms with E-state index >= 15 is 0 Å². The lowest BCUT2D eigenvalue weighted by Crippen LogP contribution is -2.12. The van der Waals surface area contributed by atoms with Crippen LogP contribution in [0.4, 0.5) is 0 Å². The number of aromatic nitrogens is 1. The van der Waals surface area contributed by atoms with Crippen molar-refractivity contribution in [1.82, 2.24) is 10.3 Å². The van der Waals surface area contributed by atoms with Gasteiger partial charge in [-0.05, 0) is 31.4 Å². The predicted molar refractivity (Wildman–Crippen MR) is 76.9 cm³/mol. The summed E-state index contributed by atoms with van der Waals surface area (Å²) in [6.07, 6.45) is 3.58. The van der Waals surface area contributed by atoms with Crippen LogP contribution >= 0.6 is 11.3 Å². The number of thiazole rings is 1. The van der Waals surface area contributed by atoms with E-state index < -0.39 is 0 Å². The molecular weight excluding hydrogens is 240 g/mol. The molecular formula is C15H18N2S. The molecule has 2 nitrogen and oxygen atoms in total. The standard InChI is InChI=1S/C15H18N2S/c1-2-11-5-7-12(8-6-11)15-17-14(10-18-15)13-4-3-9-16-13/h5-8,10,13,16H,2-4,9H2,1H3. The number of nitrogens with one attached hydrogen (secondary N) is 1. The molecule has 0 radical (unpaired) electrons. The highest BCUT2D eigenvalue weighted by molar-refractivity contribution is 7.13. The first-order valence-corrected chi connectivity index (χ1v) is 7.53. The van der Waals surface area contributed by atoms with Gasteiger partial charge in [-0.1, -0.05) is 31.2 Å². The van der Waals surface area contributed by atoms with Gasteiger partial charge < -0.3 is 5.32 Å². The third kappa shape index (κ3) is 2.33. The fourth-order valence-corrected chi connectivity index (χ4v) is 3.28. The summed E-state index contributed by atoms with van der Waals surface area (Å²) in [4.78, 5) is 4.77. The Balaban J connectivity index is 1.82. The highest BCUT2D eigenvalue weighted by atomic mass is 32.1. The van der Waals surface area contributed by atoms with E-state index in [1.54, 1.807) is 11.3 Å². The second-order valence-corrected chi connectivity index (χ2v) is 5.64. The molecule has 1 N–H and O–H groups in total. The third-order valence-corrected chi connectivity index (χ3v) is 4.46. The van der Waals surface area contributed by atoms with Crippen molar-refractivity contribution >= 4 is 11.3 Å². The number of hydrogen-bond acceptors (Lipinski definition) is 3. The van der Waals surface area contributed by atoms with Crippen LogP contribution in [0.1, 0.15) is 37.1 Å². The van der Waals surface area contributed by atoms with Gasteiger partial charge in [0.1, 0.15) is 5.01 Å². The van der Waals surface area contributed by atoms with Crippen LogP contribution in [-0.4, -0.2) is 11.5 Å². The predicted octanol–water partition coefficient (Wildman–Crippen LogP) is 3.80. The zero-order valence-corrected chi connectivity index (χ0v) is 11.5. The van der Waals surface area contributed by atoms with Gasteiger partial charge in [-0.25, -0.2) is 4.98 Å². The molecule has 0 amide bonds. The van der Waals surface area contributed by atoms with Crippen LogP contribution < -0.4 is 5.32 Å². The Morgan fingerprint density at radius 2 is 2.17 bits per heavy atom. The Morgan fingerprint density at radius 1 is 1.33 bits per heavy atom. The fraction of sp³-hybridized carbons (Fsp3) is 0.400. The molecule has 2 heterocycles. The molecule has 1 aliphatic rings. The van der Waals surface area contributed by atoms with Gasteiger partial charge in [-0.3, -0.25) is 0 Å². The van der Waals surface area contributed by atoms with Crippen molar-refractivity contribution in [2.45, 2.75) is 32.2 Å². The number of benzene rings is 1. The monoisotopic (exact) mass is 258 g/mol. The SMILES string of the molecule is CCc1ccc(-c2nc(C3CCCN3)cs2)cc1. The Kier molecular flexibility index (Phi) is 3.43. The van der Waals surface area contributed by atoms with Gasteiger partial charge in [-0.2, -0.15) is 0 Å². The first-order valence-electron chi connectivity index (χ1n) is 6.65. The summed E-state index contributed by atoms with van der Waals surface area (Å²) in [7, 11) is 0. The molecule has 94 valence electrons. The maximum atomic E-state index is 4.77. The first-order chi connectivity index (χ1) is 8.86. The molecule has 0 spiro atoms. The van der Waals surface area contributed by atoms with E-state index in [0.29, 0.717) is 6.04 Å². The minimum absolute atomic E-state index is 0.477. The molecule has 1 aromatic heterocycles. The molecule has 3 rings (SSSR count). The molecule has 1 aliphatic heterocycles. The lowest BCUT2D eigenvalue weighted by Gasteiger charge is -2.05. The fourth-order valence-electron chi connectivity index (χ4n) is 2.40. The maximum absolute atomic E-state index is 4.77. The summed E-state index contributed by atoms with van der Waals surface area (Å²) in [5.74, 6) is 0. The molecule has 0 saturated carbocycles. The summed E-state index contributed by atoms with van der Waals surface area (Å²) in [5, 5.41) is 6.84. The van der Waals surface area contributed by atoms with E-state index in [1.807, 2.05) is 0 Å². The number of nitrogens with zero attached hydrogens (tertiary/aromatic N) is 1. The Bertz CT molecular complexity index is 510. The number of hydrogen-bond donors (Lipinski definition) is 1. The third-order valence-electron chi connectivity index (χ3n) is 3.55. The van der Waals surface area contributed by atoms with Gasteiger partial charge in [0.2, 0.25) is 0 Å². The molecule has 0 bridgehead atoms. The average molecular weight is 258 g/mol. The zero-order valence-electron chi connectivity index (χ0n) is 10.6. The van der Waals surface area contributed by atoms with E-state index in [1.165, 1.54) is 29.7 Å². The van der Waals surface area contributed by atoms with Crippen molar-refractivity contribution in [1.29, 1.82) is 0 Å². The molecule has 1 atom stereocenters. The summed E-state index contributed by atoms with van der Waals surface area (Å²) in [6, 6.07) is 9.24. The zero-order chi connectivity index (χ0) is 12.4. The van der Waals surface area contributed by atoms with E-state index in [4.69, 9.17) is 4.98 Å². The normalized spacial score (nSPS) is 19.3. The quantitative estimate of drug-likeness (QED) is 0.906. The lowest BCUT2D eigenvalue weighted by molar-refractivity contribution is 0.632. The molecule has 0 aliphatic carbocycles. The van der Waals surface area contributed by atoms with Gasteiger partial charge in [0.15, 0.2) is 0 Å². The molecule has 1 aromatic carbocycles. The van der Waals surface area contributed by atoms with Crippen molar-refractivity contribution in [2.75, 3.05) is 6.54 Å². The topological polar surface area (TPSA) is 24.9 Å². The summed E-state index contributed by atoms with van der Waals surface area (Å²) >= 11 is 1.75. The van der Waals surface area contributed by atoms with Crippen LogP contribution in [0.3, 0.4) is 0 Å². The Morgan fingerprint density at radius 3 is 2.83 bits per heavy atom. The van der Waals surface area contributed by atoms with Gasteiger partial charge in [0.05, 0.1) is 11.7 Å². The van der Waals surface area contributed by atoms with Crippen molar-refractivity contribution in [3.63, 3.8) is 0 Å². The average Bonchev–Trinajstić information content (AvgIpc) is 3.09. The molecule has 3 heteroatoms. The highest BCUT2D eigenvalue weighted by Crippen LogP contribution is 2.29. The Labute approximate surface area is 112 Å². The molecule has 2 aromatic rings. The number of rotatable bonds is 3. The molecule has 18 heavy (non-hydrogen) atoms. The molecule has 1 fully saturated rings. The summed E-state index contributed by atoms with van der Waals surface area (Å²) in [5.41, 5.74) is 3.83. The van der Waals surface area contributed by atoms with E-state index in [2.05, 4.69) is 41.9 Å². The first kappa shape index (κ1) is 11.9. The van der Waals surface area contributed by atoms with Crippen molar-refractivity contribution in [2.24, 2.45) is 0 Å². The second-order valence-electron chi connectivity index (χ2n) is 4.78. The van der Waals surface area contributed by atoms with E-state index in [9.17, 15) is 0 Å². The summed E-state index contributed by atoms with van der Waals surface area (Å²) < 4.78 is 0. The summed E-state index contributed by atoms with van der Waals surface area (Å²) in [6.45, 7) is 3.31. The molecule has 1 saturated heterocycles. The molecule has 1 unspecified atom stereocenters. The van der Waals surface area contributed by atoms with Crippen LogP contribution in [0.2, 0.25) is 0 Å². The van der Waals surface area contributed by atoms with Crippen LogP contribution in [-0.2, 0) is 6.42 Å². The van der Waals surface area contributed by atoms with E-state index in [-0.39, 0.29) is 0 Å².